The molecule has 0 aromatic carbocycles. The quantitative estimate of drug-likeness (QED) is 0.697. The third-order valence-corrected chi connectivity index (χ3v) is 1.57. The summed E-state index contributed by atoms with van der Waals surface area (Å²) in [5, 5.41) is 7.53. The Morgan fingerprint density at radius 2 is 2.38 bits per heavy atom. The van der Waals surface area contributed by atoms with Crippen LogP contribution in [0.3, 0.4) is 0 Å². The molecule has 0 bridgehead atoms. The Balaban J connectivity index is 2.35. The van der Waals surface area contributed by atoms with Crippen LogP contribution < -0.4 is 5.73 Å². The van der Waals surface area contributed by atoms with E-state index in [-0.39, 0.29) is 6.54 Å². The fourth-order valence-corrected chi connectivity index (χ4v) is 0.963. The van der Waals surface area contributed by atoms with Gasteiger partial charge < -0.3 is 14.7 Å². The van der Waals surface area contributed by atoms with Crippen LogP contribution in [0.25, 0.3) is 11.6 Å². The van der Waals surface area contributed by atoms with Crippen LogP contribution in [0.4, 0.5) is 0 Å². The van der Waals surface area contributed by atoms with E-state index in [1.165, 1.54) is 0 Å². The minimum absolute atomic E-state index is 0.250. The summed E-state index contributed by atoms with van der Waals surface area (Å²) in [5.41, 5.74) is 5.99. The number of aryl methyl sites for hydroxylation is 1. The number of nitrogens with zero attached hydrogens (tertiary/aromatic N) is 4. The van der Waals surface area contributed by atoms with E-state index in [0.717, 1.165) is 0 Å². The molecule has 0 aliphatic carbocycles. The predicted molar refractivity (Wildman–Crippen MR) is 44.4 cm³/mol. The lowest BCUT2D eigenvalue weighted by molar-refractivity contribution is 0.507. The number of imidazole rings is 1. The Labute approximate surface area is 74.4 Å². The van der Waals surface area contributed by atoms with E-state index < -0.39 is 0 Å². The second kappa shape index (κ2) is 2.98. The zero-order valence-electron chi connectivity index (χ0n) is 7.14. The lowest BCUT2D eigenvalue weighted by Gasteiger charge is -1.85. The largest absolute Gasteiger partial charge is 0.418 e. The van der Waals surface area contributed by atoms with Crippen LogP contribution in [0.5, 0.6) is 0 Å². The average molecular weight is 179 g/mol. The van der Waals surface area contributed by atoms with Crippen molar-refractivity contribution in [3.05, 3.63) is 18.4 Å². The van der Waals surface area contributed by atoms with Crippen molar-refractivity contribution in [2.75, 3.05) is 0 Å². The van der Waals surface area contributed by atoms with Gasteiger partial charge in [0.05, 0.1) is 12.9 Å². The van der Waals surface area contributed by atoms with E-state index >= 15 is 0 Å². The number of aromatic nitrogens is 4. The first-order valence-corrected chi connectivity index (χ1v) is 3.80. The van der Waals surface area contributed by atoms with Gasteiger partial charge in [0.2, 0.25) is 5.89 Å². The van der Waals surface area contributed by atoms with Crippen molar-refractivity contribution in [3.8, 4) is 11.6 Å². The molecule has 0 aliphatic heterocycles. The van der Waals surface area contributed by atoms with Crippen LogP contribution >= 0.6 is 0 Å². The maximum Gasteiger partial charge on any atom is 0.267 e. The van der Waals surface area contributed by atoms with Gasteiger partial charge in [-0.1, -0.05) is 0 Å². The van der Waals surface area contributed by atoms with Gasteiger partial charge in [-0.3, -0.25) is 0 Å². The summed E-state index contributed by atoms with van der Waals surface area (Å²) in [7, 11) is 1.87. The van der Waals surface area contributed by atoms with Crippen molar-refractivity contribution >= 4 is 0 Å². The molecule has 2 aromatic rings. The van der Waals surface area contributed by atoms with E-state index in [1.807, 2.05) is 11.6 Å². The van der Waals surface area contributed by atoms with E-state index in [9.17, 15) is 0 Å². The molecular formula is C7H9N5O. The minimum Gasteiger partial charge on any atom is -0.418 e. The molecule has 6 nitrogen and oxygen atoms in total. The van der Waals surface area contributed by atoms with Gasteiger partial charge in [-0.2, -0.15) is 0 Å². The second-order valence-electron chi connectivity index (χ2n) is 2.63. The number of rotatable bonds is 2. The van der Waals surface area contributed by atoms with Gasteiger partial charge >= 0.3 is 0 Å². The summed E-state index contributed by atoms with van der Waals surface area (Å²) in [4.78, 5) is 4.06. The van der Waals surface area contributed by atoms with Crippen LogP contribution in [0.1, 0.15) is 5.89 Å². The van der Waals surface area contributed by atoms with Gasteiger partial charge in [-0.25, -0.2) is 4.98 Å². The fraction of sp³-hybridized carbons (Fsp3) is 0.286. The van der Waals surface area contributed by atoms with Gasteiger partial charge in [-0.05, 0) is 0 Å². The number of nitrogens with two attached hydrogens (primary N) is 1. The van der Waals surface area contributed by atoms with E-state index in [1.54, 1.807) is 12.5 Å². The van der Waals surface area contributed by atoms with Crippen LogP contribution in [-0.4, -0.2) is 19.7 Å². The summed E-state index contributed by atoms with van der Waals surface area (Å²) in [6, 6.07) is 0. The maximum absolute atomic E-state index is 5.32. The molecule has 0 radical (unpaired) electrons. The van der Waals surface area contributed by atoms with Gasteiger partial charge in [-0.15, -0.1) is 10.2 Å². The molecule has 0 spiro atoms. The van der Waals surface area contributed by atoms with Crippen molar-refractivity contribution in [1.82, 2.24) is 19.7 Å². The molecule has 13 heavy (non-hydrogen) atoms. The standard InChI is InChI=1S/C7H9N5O/c1-12-3-5(9-4-12)7-11-10-6(2-8)13-7/h3-4H,2,8H2,1H3. The van der Waals surface area contributed by atoms with Crippen LogP contribution in [0.2, 0.25) is 0 Å². The molecule has 2 N–H and O–H groups in total. The summed E-state index contributed by atoms with van der Waals surface area (Å²) in [5.74, 6) is 0.821. The third-order valence-electron chi connectivity index (χ3n) is 1.57. The first kappa shape index (κ1) is 7.93. The summed E-state index contributed by atoms with van der Waals surface area (Å²) < 4.78 is 7.02. The van der Waals surface area contributed by atoms with Gasteiger partial charge in [0.25, 0.3) is 5.89 Å². The highest BCUT2D eigenvalue weighted by atomic mass is 16.4. The molecule has 2 heterocycles. The Hall–Kier alpha value is -1.69. The highest BCUT2D eigenvalue weighted by Crippen LogP contribution is 2.13. The van der Waals surface area contributed by atoms with Crippen LogP contribution in [0, 0.1) is 0 Å². The first-order valence-electron chi connectivity index (χ1n) is 3.80. The molecule has 2 aromatic heterocycles. The Kier molecular flexibility index (Phi) is 1.82. The van der Waals surface area contributed by atoms with Gasteiger partial charge in [0.1, 0.15) is 5.69 Å². The van der Waals surface area contributed by atoms with E-state index in [2.05, 4.69) is 15.2 Å². The lowest BCUT2D eigenvalue weighted by Crippen LogP contribution is -1.95. The second-order valence-corrected chi connectivity index (χ2v) is 2.63. The summed E-state index contributed by atoms with van der Waals surface area (Å²) in [6.07, 6.45) is 3.47. The monoisotopic (exact) mass is 179 g/mol. The molecule has 0 amide bonds. The van der Waals surface area contributed by atoms with Crippen LogP contribution in [-0.2, 0) is 13.6 Å². The van der Waals surface area contributed by atoms with Crippen molar-refractivity contribution in [2.24, 2.45) is 12.8 Å². The molecular weight excluding hydrogens is 170 g/mol. The molecule has 0 unspecified atom stereocenters. The van der Waals surface area contributed by atoms with E-state index in [0.29, 0.717) is 17.5 Å². The normalized spacial score (nSPS) is 10.6. The van der Waals surface area contributed by atoms with Crippen molar-refractivity contribution in [3.63, 3.8) is 0 Å². The van der Waals surface area contributed by atoms with Gasteiger partial charge in [0.15, 0.2) is 0 Å². The zero-order valence-corrected chi connectivity index (χ0v) is 7.14. The highest BCUT2D eigenvalue weighted by Gasteiger charge is 2.08. The first-order chi connectivity index (χ1) is 6.29. The van der Waals surface area contributed by atoms with Crippen molar-refractivity contribution in [2.45, 2.75) is 6.54 Å². The minimum atomic E-state index is 0.250. The average Bonchev–Trinajstić information content (AvgIpc) is 2.71. The maximum atomic E-state index is 5.32. The Morgan fingerprint density at radius 3 is 2.92 bits per heavy atom. The van der Waals surface area contributed by atoms with Crippen molar-refractivity contribution < 1.29 is 4.42 Å². The van der Waals surface area contributed by atoms with Crippen molar-refractivity contribution in [1.29, 1.82) is 0 Å². The topological polar surface area (TPSA) is 82.8 Å². The fourth-order valence-electron chi connectivity index (χ4n) is 0.963. The molecule has 0 saturated heterocycles. The zero-order chi connectivity index (χ0) is 9.26. The van der Waals surface area contributed by atoms with Crippen LogP contribution in [0.15, 0.2) is 16.9 Å². The number of hydrogen-bond acceptors (Lipinski definition) is 5. The molecule has 0 aliphatic rings. The van der Waals surface area contributed by atoms with Gasteiger partial charge in [0, 0.05) is 13.2 Å². The molecule has 0 saturated carbocycles. The summed E-state index contributed by atoms with van der Waals surface area (Å²) >= 11 is 0. The highest BCUT2D eigenvalue weighted by molar-refractivity contribution is 5.43. The Morgan fingerprint density at radius 1 is 1.54 bits per heavy atom. The summed E-state index contributed by atoms with van der Waals surface area (Å²) in [6.45, 7) is 0.250. The predicted octanol–water partition coefficient (Wildman–Crippen LogP) is -0.0712. The third kappa shape index (κ3) is 1.43. The molecule has 2 rings (SSSR count). The lowest BCUT2D eigenvalue weighted by atomic mass is 10.5. The molecule has 0 fully saturated rings. The molecule has 68 valence electrons. The smallest absolute Gasteiger partial charge is 0.267 e. The number of hydrogen-bond donors (Lipinski definition) is 1. The molecule has 0 atom stereocenters. The molecule has 6 heteroatoms. The SMILES string of the molecule is Cn1cnc(-c2nnc(CN)o2)c1. The van der Waals surface area contributed by atoms with E-state index in [4.69, 9.17) is 10.2 Å². The Bertz CT molecular complexity index is 404.